The van der Waals surface area contributed by atoms with Crippen molar-refractivity contribution in [1.29, 1.82) is 0 Å². The molecule has 2 aromatic carbocycles. The van der Waals surface area contributed by atoms with Crippen LogP contribution >= 0.6 is 0 Å². The van der Waals surface area contributed by atoms with Crippen LogP contribution in [0.5, 0.6) is 0 Å². The molecule has 0 unspecified atom stereocenters. The minimum absolute atomic E-state index is 0.0132. The summed E-state index contributed by atoms with van der Waals surface area (Å²) in [6.07, 6.45) is 1.27. The number of carbonyl (C=O) groups is 2. The van der Waals surface area contributed by atoms with Crippen molar-refractivity contribution in [1.82, 2.24) is 4.98 Å². The number of rotatable bonds is 6. The van der Waals surface area contributed by atoms with Gasteiger partial charge in [-0.3, -0.25) is 14.6 Å². The molecule has 0 radical (unpaired) electrons. The second kappa shape index (κ2) is 9.36. The molecule has 0 spiro atoms. The molecule has 0 aliphatic carbocycles. The Kier molecular flexibility index (Phi) is 6.49. The predicted molar refractivity (Wildman–Crippen MR) is 128 cm³/mol. The Morgan fingerprint density at radius 1 is 0.971 bits per heavy atom. The van der Waals surface area contributed by atoms with E-state index in [-0.39, 0.29) is 36.9 Å². The van der Waals surface area contributed by atoms with Gasteiger partial charge in [0.05, 0.1) is 10.6 Å². The lowest BCUT2D eigenvalue weighted by molar-refractivity contribution is -0.122. The Bertz CT molecular complexity index is 1280. The highest BCUT2D eigenvalue weighted by molar-refractivity contribution is 7.93. The van der Waals surface area contributed by atoms with E-state index in [1.54, 1.807) is 42.3 Å². The third-order valence-corrected chi connectivity index (χ3v) is 8.69. The van der Waals surface area contributed by atoms with E-state index in [1.807, 2.05) is 30.3 Å². The number of nitrogens with zero attached hydrogens (tertiary/aromatic N) is 2. The first-order chi connectivity index (χ1) is 16.3. The van der Waals surface area contributed by atoms with Crippen molar-refractivity contribution < 1.29 is 22.7 Å². The molecule has 3 aromatic rings. The smallest absolute Gasteiger partial charge is 0.258 e. The van der Waals surface area contributed by atoms with Gasteiger partial charge in [0.1, 0.15) is 0 Å². The lowest BCUT2D eigenvalue weighted by Gasteiger charge is -2.33. The molecule has 1 aliphatic heterocycles. The summed E-state index contributed by atoms with van der Waals surface area (Å²) in [5.74, 6) is -1.03. The molecule has 0 bridgehead atoms. The average Bonchev–Trinajstić information content (AvgIpc) is 2.88. The quantitative estimate of drug-likeness (QED) is 0.581. The summed E-state index contributed by atoms with van der Waals surface area (Å²) in [5, 5.41) is 0. The molecule has 2 amide bonds. The fourth-order valence-electron chi connectivity index (χ4n) is 4.03. The topological polar surface area (TPSA) is 120 Å². The number of hydrogen-bond donors (Lipinski definition) is 1. The van der Waals surface area contributed by atoms with E-state index in [0.717, 1.165) is 11.3 Å². The molecule has 34 heavy (non-hydrogen) atoms. The Labute approximate surface area is 198 Å². The van der Waals surface area contributed by atoms with Crippen LogP contribution in [0.15, 0.2) is 77.8 Å². The monoisotopic (exact) mass is 479 g/mol. The van der Waals surface area contributed by atoms with E-state index in [4.69, 9.17) is 10.5 Å². The third-order valence-electron chi connectivity index (χ3n) is 6.19. The SMILES string of the molecule is CN(C(=O)c1ccc(-c2ccc(S(=O)(=O)C3(C(N)=O)CCOCC3)cn2)cc1)c1ccccc1. The first-order valence-electron chi connectivity index (χ1n) is 10.8. The second-order valence-corrected chi connectivity index (χ2v) is 10.4. The number of amides is 2. The van der Waals surface area contributed by atoms with Gasteiger partial charge in [-0.15, -0.1) is 0 Å². The van der Waals surface area contributed by atoms with Crippen LogP contribution in [0.1, 0.15) is 23.2 Å². The fourth-order valence-corrected chi connectivity index (χ4v) is 5.89. The number of ether oxygens (including phenoxy) is 1. The van der Waals surface area contributed by atoms with Crippen LogP contribution in [0, 0.1) is 0 Å². The predicted octanol–water partition coefficient (Wildman–Crippen LogP) is 2.83. The number of primary amides is 1. The third kappa shape index (κ3) is 4.20. The standard InChI is InChI=1S/C25H25N3O5S/c1-28(20-5-3-2-4-6-20)23(29)19-9-7-18(8-10-19)22-12-11-21(17-27-22)34(31,32)25(24(26)30)13-15-33-16-14-25/h2-12,17H,13-16H2,1H3,(H2,26,30). The van der Waals surface area contributed by atoms with Crippen LogP contribution in [0.25, 0.3) is 11.3 Å². The number of carbonyl (C=O) groups excluding carboxylic acids is 2. The van der Waals surface area contributed by atoms with Crippen molar-refractivity contribution in [2.24, 2.45) is 5.73 Å². The van der Waals surface area contributed by atoms with Gasteiger partial charge in [-0.25, -0.2) is 8.42 Å². The molecule has 9 heteroatoms. The van der Waals surface area contributed by atoms with Crippen molar-refractivity contribution in [2.75, 3.05) is 25.2 Å². The van der Waals surface area contributed by atoms with Gasteiger partial charge >= 0.3 is 0 Å². The Hall–Kier alpha value is -3.56. The fraction of sp³-hybridized carbons (Fsp3) is 0.240. The van der Waals surface area contributed by atoms with Gasteiger partial charge in [-0.1, -0.05) is 30.3 Å². The molecule has 1 aliphatic rings. The van der Waals surface area contributed by atoms with Gasteiger partial charge in [0, 0.05) is 43.3 Å². The van der Waals surface area contributed by atoms with Gasteiger partial charge in [0.25, 0.3) is 5.91 Å². The van der Waals surface area contributed by atoms with Gasteiger partial charge in [-0.05, 0) is 49.2 Å². The molecule has 0 saturated carbocycles. The molecule has 1 fully saturated rings. The van der Waals surface area contributed by atoms with Crippen LogP contribution in [0.3, 0.4) is 0 Å². The molecule has 2 heterocycles. The number of hydrogen-bond acceptors (Lipinski definition) is 6. The van der Waals surface area contributed by atoms with Gasteiger partial charge in [0.2, 0.25) is 5.91 Å². The van der Waals surface area contributed by atoms with Crippen LogP contribution in [0.4, 0.5) is 5.69 Å². The van der Waals surface area contributed by atoms with E-state index in [2.05, 4.69) is 4.98 Å². The highest BCUT2D eigenvalue weighted by Gasteiger charge is 2.51. The zero-order valence-electron chi connectivity index (χ0n) is 18.7. The number of anilines is 1. The first kappa shape index (κ1) is 23.6. The summed E-state index contributed by atoms with van der Waals surface area (Å²) in [6.45, 7) is 0.302. The number of nitrogens with two attached hydrogens (primary N) is 1. The van der Waals surface area contributed by atoms with Gasteiger partial charge in [-0.2, -0.15) is 0 Å². The number of pyridine rings is 1. The average molecular weight is 480 g/mol. The largest absolute Gasteiger partial charge is 0.381 e. The van der Waals surface area contributed by atoms with Crippen molar-refractivity contribution in [2.45, 2.75) is 22.5 Å². The molecule has 176 valence electrons. The molecule has 1 saturated heterocycles. The minimum atomic E-state index is -4.04. The maximum absolute atomic E-state index is 13.3. The lowest BCUT2D eigenvalue weighted by Crippen LogP contribution is -2.53. The number of sulfone groups is 1. The number of para-hydroxylation sites is 1. The van der Waals surface area contributed by atoms with Crippen molar-refractivity contribution in [3.05, 3.63) is 78.5 Å². The van der Waals surface area contributed by atoms with Crippen LogP contribution in [0.2, 0.25) is 0 Å². The summed E-state index contributed by atoms with van der Waals surface area (Å²) < 4.78 is 30.1. The summed E-state index contributed by atoms with van der Waals surface area (Å²) in [4.78, 5) is 30.7. The van der Waals surface area contributed by atoms with Gasteiger partial charge in [0.15, 0.2) is 14.6 Å². The maximum atomic E-state index is 13.3. The molecular weight excluding hydrogens is 454 g/mol. The Morgan fingerprint density at radius 2 is 1.62 bits per heavy atom. The van der Waals surface area contributed by atoms with Crippen LogP contribution in [-0.2, 0) is 19.4 Å². The number of benzene rings is 2. The molecule has 2 N–H and O–H groups in total. The van der Waals surface area contributed by atoms with E-state index in [9.17, 15) is 18.0 Å². The van der Waals surface area contributed by atoms with E-state index >= 15 is 0 Å². The van der Waals surface area contributed by atoms with Crippen molar-refractivity contribution >= 4 is 27.3 Å². The lowest BCUT2D eigenvalue weighted by atomic mass is 9.98. The van der Waals surface area contributed by atoms with E-state index < -0.39 is 20.5 Å². The molecular formula is C25H25N3O5S. The van der Waals surface area contributed by atoms with E-state index in [0.29, 0.717) is 11.3 Å². The van der Waals surface area contributed by atoms with Crippen LogP contribution < -0.4 is 10.6 Å². The summed E-state index contributed by atoms with van der Waals surface area (Å²) in [5.41, 5.74) is 8.07. The maximum Gasteiger partial charge on any atom is 0.258 e. The summed E-state index contributed by atoms with van der Waals surface area (Å²) in [7, 11) is -2.33. The Balaban J connectivity index is 1.55. The molecule has 1 aromatic heterocycles. The van der Waals surface area contributed by atoms with Crippen LogP contribution in [-0.4, -0.2) is 50.2 Å². The molecule has 8 nitrogen and oxygen atoms in total. The summed E-state index contributed by atoms with van der Waals surface area (Å²) >= 11 is 0. The van der Waals surface area contributed by atoms with E-state index in [1.165, 1.54) is 12.3 Å². The number of aromatic nitrogens is 1. The van der Waals surface area contributed by atoms with Gasteiger partial charge < -0.3 is 15.4 Å². The highest BCUT2D eigenvalue weighted by atomic mass is 32.2. The zero-order valence-corrected chi connectivity index (χ0v) is 19.5. The van der Waals surface area contributed by atoms with Crippen molar-refractivity contribution in [3.8, 4) is 11.3 Å². The molecule has 0 atom stereocenters. The molecule has 4 rings (SSSR count). The normalized spacial score (nSPS) is 15.4. The zero-order chi connectivity index (χ0) is 24.3. The second-order valence-electron chi connectivity index (χ2n) is 8.13. The highest BCUT2D eigenvalue weighted by Crippen LogP contribution is 2.35. The summed E-state index contributed by atoms with van der Waals surface area (Å²) in [6, 6.07) is 19.3. The Morgan fingerprint density at radius 3 is 2.18 bits per heavy atom. The van der Waals surface area contributed by atoms with Crippen molar-refractivity contribution in [3.63, 3.8) is 0 Å². The minimum Gasteiger partial charge on any atom is -0.381 e. The first-order valence-corrected chi connectivity index (χ1v) is 12.3.